The molecule has 1 N–H and O–H groups in total. The summed E-state index contributed by atoms with van der Waals surface area (Å²) in [4.78, 5) is 0. The predicted molar refractivity (Wildman–Crippen MR) is 62.5 cm³/mol. The summed E-state index contributed by atoms with van der Waals surface area (Å²) in [7, 11) is 0. The molecule has 0 saturated heterocycles. The Hall–Kier alpha value is -0.820. The summed E-state index contributed by atoms with van der Waals surface area (Å²) in [6.45, 7) is 1.60. The van der Waals surface area contributed by atoms with Gasteiger partial charge >= 0.3 is 12.3 Å². The second-order valence-electron chi connectivity index (χ2n) is 4.28. The van der Waals surface area contributed by atoms with Crippen molar-refractivity contribution in [3.05, 3.63) is 11.8 Å². The molecule has 1 heterocycles. The van der Waals surface area contributed by atoms with Crippen molar-refractivity contribution in [2.75, 3.05) is 26.4 Å². The van der Waals surface area contributed by atoms with E-state index in [1.807, 2.05) is 13.0 Å². The van der Waals surface area contributed by atoms with Crippen LogP contribution in [0.1, 0.15) is 19.8 Å². The van der Waals surface area contributed by atoms with Crippen molar-refractivity contribution in [3.63, 3.8) is 0 Å². The molecule has 112 valence electrons. The van der Waals surface area contributed by atoms with Gasteiger partial charge in [-0.15, -0.1) is 0 Å². The van der Waals surface area contributed by atoms with E-state index in [1.165, 1.54) is 0 Å². The first-order valence-electron chi connectivity index (χ1n) is 6.27. The van der Waals surface area contributed by atoms with Crippen molar-refractivity contribution in [1.29, 1.82) is 0 Å². The number of ether oxygens (including phenoxy) is 2. The lowest BCUT2D eigenvalue weighted by Crippen LogP contribution is -2.39. The molecule has 1 aliphatic heterocycles. The molecule has 0 aliphatic carbocycles. The summed E-state index contributed by atoms with van der Waals surface area (Å²) in [6.07, 6.45) is -0.0853. The SMILES string of the molecule is CCNC(COCC(F)(F)C(F)F)C1=CCCCO1. The molecule has 1 unspecified atom stereocenters. The quantitative estimate of drug-likeness (QED) is 0.695. The Morgan fingerprint density at radius 1 is 1.47 bits per heavy atom. The normalized spacial score (nSPS) is 18.1. The van der Waals surface area contributed by atoms with Crippen LogP contribution >= 0.6 is 0 Å². The molecule has 19 heavy (non-hydrogen) atoms. The van der Waals surface area contributed by atoms with Crippen molar-refractivity contribution in [1.82, 2.24) is 5.32 Å². The van der Waals surface area contributed by atoms with Crippen molar-refractivity contribution in [2.45, 2.75) is 38.2 Å². The van der Waals surface area contributed by atoms with Gasteiger partial charge in [0.15, 0.2) is 0 Å². The van der Waals surface area contributed by atoms with Gasteiger partial charge in [-0.3, -0.25) is 0 Å². The minimum absolute atomic E-state index is 0.123. The van der Waals surface area contributed by atoms with E-state index in [0.29, 0.717) is 18.9 Å². The van der Waals surface area contributed by atoms with Gasteiger partial charge in [-0.05, 0) is 25.5 Å². The molecule has 0 aromatic heterocycles. The van der Waals surface area contributed by atoms with Gasteiger partial charge in [0.05, 0.1) is 19.3 Å². The fourth-order valence-electron chi connectivity index (χ4n) is 1.68. The van der Waals surface area contributed by atoms with Gasteiger partial charge in [0.2, 0.25) is 0 Å². The first-order chi connectivity index (χ1) is 8.97. The zero-order chi connectivity index (χ0) is 14.3. The maximum atomic E-state index is 12.7. The Kier molecular flexibility index (Phi) is 6.57. The van der Waals surface area contributed by atoms with Crippen molar-refractivity contribution in [2.24, 2.45) is 0 Å². The predicted octanol–water partition coefficient (Wildman–Crippen LogP) is 2.58. The van der Waals surface area contributed by atoms with Gasteiger partial charge in [0.1, 0.15) is 12.4 Å². The third kappa shape index (κ3) is 5.36. The molecular weight excluding hydrogens is 266 g/mol. The monoisotopic (exact) mass is 285 g/mol. The zero-order valence-electron chi connectivity index (χ0n) is 10.8. The van der Waals surface area contributed by atoms with Crippen LogP contribution in [0.15, 0.2) is 11.8 Å². The first kappa shape index (κ1) is 16.2. The molecule has 0 spiro atoms. The Labute approximate surface area is 109 Å². The lowest BCUT2D eigenvalue weighted by molar-refractivity contribution is -0.167. The van der Waals surface area contributed by atoms with Crippen molar-refractivity contribution < 1.29 is 27.0 Å². The van der Waals surface area contributed by atoms with Crippen LogP contribution in [0.5, 0.6) is 0 Å². The minimum Gasteiger partial charge on any atom is -0.497 e. The average molecular weight is 285 g/mol. The Bertz CT molecular complexity index is 297. The molecule has 1 rings (SSSR count). The number of halogens is 4. The highest BCUT2D eigenvalue weighted by molar-refractivity contribution is 5.05. The molecule has 0 bridgehead atoms. The van der Waals surface area contributed by atoms with Crippen molar-refractivity contribution in [3.8, 4) is 0 Å². The first-order valence-corrected chi connectivity index (χ1v) is 6.27. The average Bonchev–Trinajstić information content (AvgIpc) is 2.38. The largest absolute Gasteiger partial charge is 0.497 e. The molecule has 0 saturated carbocycles. The third-order valence-electron chi connectivity index (χ3n) is 2.65. The molecule has 0 radical (unpaired) electrons. The molecule has 1 atom stereocenters. The number of rotatable bonds is 8. The molecule has 0 aromatic rings. The summed E-state index contributed by atoms with van der Waals surface area (Å²) in [6, 6.07) is -0.376. The van der Waals surface area contributed by atoms with Crippen LogP contribution in [0.3, 0.4) is 0 Å². The van der Waals surface area contributed by atoms with Crippen LogP contribution in [0.2, 0.25) is 0 Å². The van der Waals surface area contributed by atoms with E-state index in [0.717, 1.165) is 12.8 Å². The number of allylic oxidation sites excluding steroid dienone is 1. The van der Waals surface area contributed by atoms with E-state index in [2.05, 4.69) is 5.32 Å². The van der Waals surface area contributed by atoms with Crippen LogP contribution in [-0.4, -0.2) is 44.8 Å². The van der Waals surface area contributed by atoms with E-state index in [9.17, 15) is 17.6 Å². The second kappa shape index (κ2) is 7.69. The summed E-state index contributed by atoms with van der Waals surface area (Å²) in [5.41, 5.74) is 0. The number of hydrogen-bond acceptors (Lipinski definition) is 3. The van der Waals surface area contributed by atoms with Gasteiger partial charge in [-0.1, -0.05) is 6.92 Å². The summed E-state index contributed by atoms with van der Waals surface area (Å²) in [5.74, 6) is -3.48. The van der Waals surface area contributed by atoms with Crippen molar-refractivity contribution >= 4 is 0 Å². The van der Waals surface area contributed by atoms with Gasteiger partial charge < -0.3 is 14.8 Å². The number of hydrogen-bond donors (Lipinski definition) is 1. The molecule has 7 heteroatoms. The lowest BCUT2D eigenvalue weighted by atomic mass is 10.1. The molecule has 1 aliphatic rings. The number of nitrogens with one attached hydrogen (secondary N) is 1. The molecule has 0 amide bonds. The number of alkyl halides is 4. The Balaban J connectivity index is 2.44. The van der Waals surface area contributed by atoms with Crippen LogP contribution in [0, 0.1) is 0 Å². The van der Waals surface area contributed by atoms with E-state index >= 15 is 0 Å². The smallest absolute Gasteiger partial charge is 0.330 e. The standard InChI is InChI=1S/C12H19F4NO2/c1-2-17-9(10-5-3-4-6-19-10)7-18-8-12(15,16)11(13)14/h5,9,11,17H,2-4,6-8H2,1H3. The maximum absolute atomic E-state index is 12.7. The summed E-state index contributed by atoms with van der Waals surface area (Å²) < 4.78 is 59.4. The van der Waals surface area contributed by atoms with Gasteiger partial charge in [0.25, 0.3) is 0 Å². The lowest BCUT2D eigenvalue weighted by Gasteiger charge is -2.25. The van der Waals surface area contributed by atoms with Gasteiger partial charge in [-0.25, -0.2) is 8.78 Å². The molecule has 3 nitrogen and oxygen atoms in total. The summed E-state index contributed by atoms with van der Waals surface area (Å²) >= 11 is 0. The fourth-order valence-corrected chi connectivity index (χ4v) is 1.68. The second-order valence-corrected chi connectivity index (χ2v) is 4.28. The van der Waals surface area contributed by atoms with E-state index in [-0.39, 0.29) is 12.6 Å². The molecule has 0 fully saturated rings. The van der Waals surface area contributed by atoms with Gasteiger partial charge in [0, 0.05) is 0 Å². The zero-order valence-corrected chi connectivity index (χ0v) is 10.8. The molecule has 0 aromatic carbocycles. The van der Waals surface area contributed by atoms with E-state index in [1.54, 1.807) is 0 Å². The highest BCUT2D eigenvalue weighted by Crippen LogP contribution is 2.23. The van der Waals surface area contributed by atoms with Crippen LogP contribution in [0.25, 0.3) is 0 Å². The van der Waals surface area contributed by atoms with E-state index < -0.39 is 19.0 Å². The van der Waals surface area contributed by atoms with Gasteiger partial charge in [-0.2, -0.15) is 8.78 Å². The Morgan fingerprint density at radius 3 is 2.74 bits per heavy atom. The topological polar surface area (TPSA) is 30.5 Å². The highest BCUT2D eigenvalue weighted by Gasteiger charge is 2.41. The maximum Gasteiger partial charge on any atom is 0.330 e. The summed E-state index contributed by atoms with van der Waals surface area (Å²) in [5, 5.41) is 3.02. The van der Waals surface area contributed by atoms with E-state index in [4.69, 9.17) is 9.47 Å². The minimum atomic E-state index is -4.11. The number of likely N-dealkylation sites (N-methyl/N-ethyl adjacent to an activating group) is 1. The third-order valence-corrected chi connectivity index (χ3v) is 2.65. The Morgan fingerprint density at radius 2 is 2.21 bits per heavy atom. The van der Waals surface area contributed by atoms with Crippen LogP contribution in [-0.2, 0) is 9.47 Å². The highest BCUT2D eigenvalue weighted by atomic mass is 19.3. The molecular formula is C12H19F4NO2. The fraction of sp³-hybridized carbons (Fsp3) is 0.833. The van der Waals surface area contributed by atoms with Crippen LogP contribution in [0.4, 0.5) is 17.6 Å². The van der Waals surface area contributed by atoms with Crippen LogP contribution < -0.4 is 5.32 Å².